The highest BCUT2D eigenvalue weighted by Crippen LogP contribution is 2.11. The van der Waals surface area contributed by atoms with Crippen molar-refractivity contribution in [2.75, 3.05) is 6.61 Å². The van der Waals surface area contributed by atoms with Gasteiger partial charge in [0, 0.05) is 6.61 Å². The third-order valence-corrected chi connectivity index (χ3v) is 1.57. The zero-order valence-corrected chi connectivity index (χ0v) is 5.13. The molecule has 1 saturated heterocycles. The molecule has 0 saturated carbocycles. The van der Waals surface area contributed by atoms with Crippen LogP contribution < -0.4 is 0 Å². The summed E-state index contributed by atoms with van der Waals surface area (Å²) in [5, 5.41) is 9.05. The smallest absolute Gasteiger partial charge is 0.0805 e. The van der Waals surface area contributed by atoms with E-state index >= 15 is 0 Å². The Kier molecular flexibility index (Phi) is 1.86. The van der Waals surface area contributed by atoms with Gasteiger partial charge in [0.2, 0.25) is 0 Å². The lowest BCUT2D eigenvalue weighted by Crippen LogP contribution is -2.30. The van der Waals surface area contributed by atoms with Gasteiger partial charge in [-0.3, -0.25) is 0 Å². The fraction of sp³-hybridized carbons (Fsp3) is 1.00. The molecule has 1 fully saturated rings. The number of aliphatic hydroxyl groups excluding tert-OH is 1. The average molecular weight is 116 g/mol. The standard InChI is InChI=1S/C6H12O2/c1-5-6(7)3-2-4-8-5/h5-7H,2-4H2,1H3/t5-,6-/m0/s1. The fourth-order valence-corrected chi connectivity index (χ4v) is 0.907. The van der Waals surface area contributed by atoms with E-state index in [2.05, 4.69) is 0 Å². The van der Waals surface area contributed by atoms with Gasteiger partial charge in [-0.15, -0.1) is 0 Å². The number of aliphatic hydroxyl groups is 1. The summed E-state index contributed by atoms with van der Waals surface area (Å²) in [5.74, 6) is 0. The predicted molar refractivity (Wildman–Crippen MR) is 30.7 cm³/mol. The minimum absolute atomic E-state index is 0.0590. The second kappa shape index (κ2) is 2.46. The Bertz CT molecular complexity index is 62.9. The van der Waals surface area contributed by atoms with E-state index in [1.807, 2.05) is 6.92 Å². The zero-order chi connectivity index (χ0) is 5.98. The van der Waals surface area contributed by atoms with Crippen LogP contribution in [0, 0.1) is 0 Å². The third kappa shape index (κ3) is 1.20. The molecule has 0 amide bonds. The van der Waals surface area contributed by atoms with Gasteiger partial charge in [-0.05, 0) is 19.8 Å². The van der Waals surface area contributed by atoms with Crippen molar-refractivity contribution in [1.82, 2.24) is 0 Å². The van der Waals surface area contributed by atoms with Crippen LogP contribution in [0.25, 0.3) is 0 Å². The van der Waals surface area contributed by atoms with Gasteiger partial charge in [0.15, 0.2) is 0 Å². The zero-order valence-electron chi connectivity index (χ0n) is 5.13. The molecule has 1 rings (SSSR count). The summed E-state index contributed by atoms with van der Waals surface area (Å²) in [7, 11) is 0. The van der Waals surface area contributed by atoms with Crippen LogP contribution in [0.2, 0.25) is 0 Å². The molecule has 0 unspecified atom stereocenters. The molecule has 0 aromatic carbocycles. The number of hydrogen-bond donors (Lipinski definition) is 1. The molecule has 2 heteroatoms. The molecule has 1 aliphatic rings. The van der Waals surface area contributed by atoms with Crippen LogP contribution in [0.4, 0.5) is 0 Å². The molecule has 0 spiro atoms. The summed E-state index contributed by atoms with van der Waals surface area (Å²) in [6.45, 7) is 2.72. The lowest BCUT2D eigenvalue weighted by atomic mass is 10.1. The minimum Gasteiger partial charge on any atom is -0.390 e. The van der Waals surface area contributed by atoms with E-state index in [0.29, 0.717) is 0 Å². The second-order valence-electron chi connectivity index (χ2n) is 2.29. The molecule has 2 atom stereocenters. The van der Waals surface area contributed by atoms with E-state index in [4.69, 9.17) is 9.84 Å². The Morgan fingerprint density at radius 3 is 2.75 bits per heavy atom. The Morgan fingerprint density at radius 1 is 1.62 bits per heavy atom. The maximum atomic E-state index is 9.05. The van der Waals surface area contributed by atoms with Gasteiger partial charge in [0.05, 0.1) is 12.2 Å². The van der Waals surface area contributed by atoms with Crippen LogP contribution in [-0.2, 0) is 4.74 Å². The highest BCUT2D eigenvalue weighted by Gasteiger charge is 2.18. The topological polar surface area (TPSA) is 29.5 Å². The molecular formula is C6H12O2. The van der Waals surface area contributed by atoms with E-state index < -0.39 is 0 Å². The molecule has 2 nitrogen and oxygen atoms in total. The summed E-state index contributed by atoms with van der Waals surface area (Å²) in [6, 6.07) is 0. The van der Waals surface area contributed by atoms with Crippen LogP contribution in [0.3, 0.4) is 0 Å². The van der Waals surface area contributed by atoms with E-state index in [-0.39, 0.29) is 12.2 Å². The van der Waals surface area contributed by atoms with Crippen LogP contribution in [0.15, 0.2) is 0 Å². The predicted octanol–water partition coefficient (Wildman–Crippen LogP) is 0.546. The first kappa shape index (κ1) is 6.05. The molecule has 0 aromatic rings. The minimum atomic E-state index is -0.219. The largest absolute Gasteiger partial charge is 0.390 e. The van der Waals surface area contributed by atoms with Gasteiger partial charge < -0.3 is 9.84 Å². The quantitative estimate of drug-likeness (QED) is 0.500. The summed E-state index contributed by atoms with van der Waals surface area (Å²) in [4.78, 5) is 0. The highest BCUT2D eigenvalue weighted by molar-refractivity contribution is 4.67. The summed E-state index contributed by atoms with van der Waals surface area (Å²) in [6.07, 6.45) is 1.75. The van der Waals surface area contributed by atoms with Crippen LogP contribution in [-0.4, -0.2) is 23.9 Å². The number of ether oxygens (including phenoxy) is 1. The highest BCUT2D eigenvalue weighted by atomic mass is 16.5. The third-order valence-electron chi connectivity index (χ3n) is 1.57. The lowest BCUT2D eigenvalue weighted by Gasteiger charge is -2.24. The Morgan fingerprint density at radius 2 is 2.38 bits per heavy atom. The maximum absolute atomic E-state index is 9.05. The van der Waals surface area contributed by atoms with Gasteiger partial charge in [-0.2, -0.15) is 0 Å². The first-order valence-corrected chi connectivity index (χ1v) is 3.10. The van der Waals surface area contributed by atoms with Crippen molar-refractivity contribution in [3.63, 3.8) is 0 Å². The SMILES string of the molecule is C[C@@H]1OCCC[C@@H]1O. The summed E-state index contributed by atoms with van der Waals surface area (Å²) >= 11 is 0. The Hall–Kier alpha value is -0.0800. The molecule has 0 aromatic heterocycles. The molecule has 0 bridgehead atoms. The normalized spacial score (nSPS) is 39.8. The fourth-order valence-electron chi connectivity index (χ4n) is 0.907. The van der Waals surface area contributed by atoms with E-state index in [1.165, 1.54) is 0 Å². The molecular weight excluding hydrogens is 104 g/mol. The maximum Gasteiger partial charge on any atom is 0.0805 e. The number of hydrogen-bond acceptors (Lipinski definition) is 2. The molecule has 1 aliphatic heterocycles. The van der Waals surface area contributed by atoms with Crippen molar-refractivity contribution in [3.05, 3.63) is 0 Å². The Labute approximate surface area is 49.5 Å². The van der Waals surface area contributed by atoms with Crippen molar-refractivity contribution < 1.29 is 9.84 Å². The van der Waals surface area contributed by atoms with E-state index in [0.717, 1.165) is 19.4 Å². The molecule has 1 N–H and O–H groups in total. The van der Waals surface area contributed by atoms with Crippen molar-refractivity contribution >= 4 is 0 Å². The van der Waals surface area contributed by atoms with E-state index in [9.17, 15) is 0 Å². The summed E-state index contributed by atoms with van der Waals surface area (Å²) < 4.78 is 5.14. The monoisotopic (exact) mass is 116 g/mol. The molecule has 0 radical (unpaired) electrons. The lowest BCUT2D eigenvalue weighted by molar-refractivity contribution is -0.0634. The van der Waals surface area contributed by atoms with E-state index in [1.54, 1.807) is 0 Å². The van der Waals surface area contributed by atoms with Crippen molar-refractivity contribution in [2.45, 2.75) is 32.0 Å². The van der Waals surface area contributed by atoms with Crippen molar-refractivity contribution in [1.29, 1.82) is 0 Å². The molecule has 1 heterocycles. The first-order chi connectivity index (χ1) is 3.80. The van der Waals surface area contributed by atoms with Gasteiger partial charge in [-0.25, -0.2) is 0 Å². The first-order valence-electron chi connectivity index (χ1n) is 3.10. The molecule has 8 heavy (non-hydrogen) atoms. The van der Waals surface area contributed by atoms with Gasteiger partial charge in [0.1, 0.15) is 0 Å². The van der Waals surface area contributed by atoms with Crippen molar-refractivity contribution in [2.24, 2.45) is 0 Å². The van der Waals surface area contributed by atoms with Gasteiger partial charge in [-0.1, -0.05) is 0 Å². The van der Waals surface area contributed by atoms with Gasteiger partial charge >= 0.3 is 0 Å². The van der Waals surface area contributed by atoms with Crippen LogP contribution >= 0.6 is 0 Å². The molecule has 48 valence electrons. The van der Waals surface area contributed by atoms with Crippen molar-refractivity contribution in [3.8, 4) is 0 Å². The van der Waals surface area contributed by atoms with Crippen LogP contribution in [0.5, 0.6) is 0 Å². The second-order valence-corrected chi connectivity index (χ2v) is 2.29. The Balaban J connectivity index is 2.28. The van der Waals surface area contributed by atoms with Gasteiger partial charge in [0.25, 0.3) is 0 Å². The van der Waals surface area contributed by atoms with Crippen LogP contribution in [0.1, 0.15) is 19.8 Å². The average Bonchev–Trinajstić information content (AvgIpc) is 1.77. The number of rotatable bonds is 0. The molecule has 0 aliphatic carbocycles. The summed E-state index contributed by atoms with van der Waals surface area (Å²) in [5.41, 5.74) is 0.